The molecule has 2 heterocycles. The van der Waals surface area contributed by atoms with Crippen LogP contribution >= 0.6 is 0 Å². The zero-order valence-electron chi connectivity index (χ0n) is 16.1. The summed E-state index contributed by atoms with van der Waals surface area (Å²) in [6, 6.07) is 14.1. The van der Waals surface area contributed by atoms with Crippen molar-refractivity contribution in [2.24, 2.45) is 5.73 Å². The molecule has 0 saturated heterocycles. The summed E-state index contributed by atoms with van der Waals surface area (Å²) in [5, 5.41) is 0. The van der Waals surface area contributed by atoms with E-state index in [1.54, 1.807) is 18.7 Å². The van der Waals surface area contributed by atoms with Crippen LogP contribution in [0, 0.1) is 0 Å². The molecule has 4 N–H and O–H groups in total. The summed E-state index contributed by atoms with van der Waals surface area (Å²) in [7, 11) is 0. The number of nitrogens with zero attached hydrogens (tertiary/aromatic N) is 2. The third kappa shape index (κ3) is 4.35. The van der Waals surface area contributed by atoms with Gasteiger partial charge in [-0.05, 0) is 35.7 Å². The van der Waals surface area contributed by atoms with Crippen molar-refractivity contribution in [3.8, 4) is 0 Å². The van der Waals surface area contributed by atoms with E-state index in [0.717, 1.165) is 33.5 Å². The SMILES string of the molecule is CC(OCc1cccc(C(CC(N)=O)c2ccc3nc[nH]c3c2)c1)c1ncc[nH]1. The van der Waals surface area contributed by atoms with E-state index in [4.69, 9.17) is 10.5 Å². The molecule has 1 amide bonds. The number of primary amides is 1. The van der Waals surface area contributed by atoms with E-state index in [-0.39, 0.29) is 24.3 Å². The van der Waals surface area contributed by atoms with Crippen molar-refractivity contribution < 1.29 is 9.53 Å². The molecule has 0 bridgehead atoms. The third-order valence-electron chi connectivity index (χ3n) is 5.01. The van der Waals surface area contributed by atoms with Crippen LogP contribution in [0.5, 0.6) is 0 Å². The number of ether oxygens (including phenoxy) is 1. The fourth-order valence-electron chi connectivity index (χ4n) is 3.50. The van der Waals surface area contributed by atoms with E-state index < -0.39 is 0 Å². The van der Waals surface area contributed by atoms with Gasteiger partial charge < -0.3 is 20.4 Å². The second-order valence-corrected chi connectivity index (χ2v) is 7.07. The first-order chi connectivity index (χ1) is 14.1. The summed E-state index contributed by atoms with van der Waals surface area (Å²) in [4.78, 5) is 26.4. The van der Waals surface area contributed by atoms with E-state index in [1.807, 2.05) is 43.3 Å². The number of rotatable bonds is 8. The normalized spacial score (nSPS) is 13.4. The van der Waals surface area contributed by atoms with Crippen LogP contribution in [0.4, 0.5) is 0 Å². The van der Waals surface area contributed by atoms with Gasteiger partial charge >= 0.3 is 0 Å². The van der Waals surface area contributed by atoms with Crippen LogP contribution in [0.25, 0.3) is 11.0 Å². The molecular formula is C22H23N5O2. The van der Waals surface area contributed by atoms with Gasteiger partial charge in [0, 0.05) is 24.7 Å². The molecule has 0 saturated carbocycles. The first-order valence-corrected chi connectivity index (χ1v) is 9.51. The number of imidazole rings is 2. The van der Waals surface area contributed by atoms with Crippen LogP contribution < -0.4 is 5.73 Å². The summed E-state index contributed by atoms with van der Waals surface area (Å²) in [6.45, 7) is 2.40. The second-order valence-electron chi connectivity index (χ2n) is 7.07. The lowest BCUT2D eigenvalue weighted by Crippen LogP contribution is -2.16. The number of H-pyrrole nitrogens is 2. The first-order valence-electron chi connectivity index (χ1n) is 9.51. The summed E-state index contributed by atoms with van der Waals surface area (Å²) in [5.41, 5.74) is 10.4. The second kappa shape index (κ2) is 8.28. The van der Waals surface area contributed by atoms with Crippen LogP contribution in [0.3, 0.4) is 0 Å². The Bertz CT molecular complexity index is 1100. The number of aromatic nitrogens is 4. The monoisotopic (exact) mass is 389 g/mol. The molecule has 4 rings (SSSR count). The van der Waals surface area contributed by atoms with Crippen molar-refractivity contribution in [1.82, 2.24) is 19.9 Å². The molecule has 0 aliphatic rings. The molecular weight excluding hydrogens is 366 g/mol. The fraction of sp³-hybridized carbons (Fsp3) is 0.227. The molecule has 2 aromatic heterocycles. The van der Waals surface area contributed by atoms with Crippen molar-refractivity contribution in [3.63, 3.8) is 0 Å². The van der Waals surface area contributed by atoms with Gasteiger partial charge in [-0.25, -0.2) is 9.97 Å². The fourth-order valence-corrected chi connectivity index (χ4v) is 3.50. The summed E-state index contributed by atoms with van der Waals surface area (Å²) < 4.78 is 5.94. The molecule has 29 heavy (non-hydrogen) atoms. The van der Waals surface area contributed by atoms with Crippen LogP contribution in [0.1, 0.15) is 47.9 Å². The lowest BCUT2D eigenvalue weighted by atomic mass is 9.87. The maximum atomic E-state index is 11.8. The van der Waals surface area contributed by atoms with Crippen LogP contribution in [-0.4, -0.2) is 25.8 Å². The Morgan fingerprint density at radius 3 is 2.79 bits per heavy atom. The molecule has 0 spiro atoms. The van der Waals surface area contributed by atoms with E-state index in [0.29, 0.717) is 6.61 Å². The molecule has 4 aromatic rings. The van der Waals surface area contributed by atoms with E-state index in [2.05, 4.69) is 26.0 Å². The number of hydrogen-bond donors (Lipinski definition) is 3. The van der Waals surface area contributed by atoms with Gasteiger partial charge in [0.15, 0.2) is 0 Å². The number of hydrogen-bond acceptors (Lipinski definition) is 4. The van der Waals surface area contributed by atoms with E-state index in [1.165, 1.54) is 0 Å². The summed E-state index contributed by atoms with van der Waals surface area (Å²) >= 11 is 0. The average Bonchev–Trinajstić information content (AvgIpc) is 3.41. The molecule has 2 unspecified atom stereocenters. The van der Waals surface area contributed by atoms with Crippen molar-refractivity contribution in [3.05, 3.63) is 83.7 Å². The maximum Gasteiger partial charge on any atom is 0.218 e. The van der Waals surface area contributed by atoms with Crippen molar-refractivity contribution in [2.45, 2.75) is 32.0 Å². The summed E-state index contributed by atoms with van der Waals surface area (Å²) in [5.74, 6) is 0.316. The lowest BCUT2D eigenvalue weighted by molar-refractivity contribution is -0.118. The van der Waals surface area contributed by atoms with Crippen molar-refractivity contribution in [1.29, 1.82) is 0 Å². The highest BCUT2D eigenvalue weighted by Crippen LogP contribution is 2.30. The predicted octanol–water partition coefficient (Wildman–Crippen LogP) is 3.57. The molecule has 2 atom stereocenters. The van der Waals surface area contributed by atoms with Crippen molar-refractivity contribution in [2.75, 3.05) is 0 Å². The quantitative estimate of drug-likeness (QED) is 0.428. The first kappa shape index (κ1) is 18.9. The van der Waals surface area contributed by atoms with Gasteiger partial charge in [0.1, 0.15) is 11.9 Å². The Labute approximate surface area is 168 Å². The van der Waals surface area contributed by atoms with Gasteiger partial charge in [-0.1, -0.05) is 30.3 Å². The van der Waals surface area contributed by atoms with Gasteiger partial charge in [-0.3, -0.25) is 4.79 Å². The van der Waals surface area contributed by atoms with Gasteiger partial charge in [-0.2, -0.15) is 0 Å². The van der Waals surface area contributed by atoms with Gasteiger partial charge in [-0.15, -0.1) is 0 Å². The predicted molar refractivity (Wildman–Crippen MR) is 110 cm³/mol. The standard InChI is InChI=1S/C22H23N5O2/c1-14(22-24-7-8-25-22)29-12-15-3-2-4-16(9-15)18(11-21(23)28)17-5-6-19-20(10-17)27-13-26-19/h2-10,13-14,18H,11-12H2,1H3,(H2,23,28)(H,24,25)(H,26,27). The molecule has 7 heteroatoms. The highest BCUT2D eigenvalue weighted by atomic mass is 16.5. The number of fused-ring (bicyclic) bond motifs is 1. The minimum atomic E-state index is -0.340. The smallest absolute Gasteiger partial charge is 0.218 e. The number of nitrogens with two attached hydrogens (primary N) is 1. The van der Waals surface area contributed by atoms with E-state index in [9.17, 15) is 4.79 Å². The Morgan fingerprint density at radius 1 is 1.14 bits per heavy atom. The van der Waals surface area contributed by atoms with Crippen LogP contribution in [-0.2, 0) is 16.1 Å². The molecule has 148 valence electrons. The van der Waals surface area contributed by atoms with Crippen LogP contribution in [0.2, 0.25) is 0 Å². The largest absolute Gasteiger partial charge is 0.370 e. The zero-order chi connectivity index (χ0) is 20.2. The molecule has 0 aliphatic heterocycles. The maximum absolute atomic E-state index is 11.8. The Hall–Kier alpha value is -3.45. The van der Waals surface area contributed by atoms with Gasteiger partial charge in [0.25, 0.3) is 0 Å². The number of aromatic amines is 2. The van der Waals surface area contributed by atoms with Crippen LogP contribution in [0.15, 0.2) is 61.2 Å². The molecule has 0 aliphatic carbocycles. The molecule has 0 radical (unpaired) electrons. The Balaban J connectivity index is 1.57. The van der Waals surface area contributed by atoms with Gasteiger partial charge in [0.2, 0.25) is 5.91 Å². The highest BCUT2D eigenvalue weighted by Gasteiger charge is 2.18. The number of carbonyl (C=O) groups excluding carboxylic acids is 1. The number of benzene rings is 2. The number of amides is 1. The third-order valence-corrected chi connectivity index (χ3v) is 5.01. The zero-order valence-corrected chi connectivity index (χ0v) is 16.1. The Morgan fingerprint density at radius 2 is 2.00 bits per heavy atom. The van der Waals surface area contributed by atoms with E-state index >= 15 is 0 Å². The Kier molecular flexibility index (Phi) is 5.39. The summed E-state index contributed by atoms with van der Waals surface area (Å²) in [6.07, 6.45) is 5.24. The topological polar surface area (TPSA) is 110 Å². The van der Waals surface area contributed by atoms with Crippen molar-refractivity contribution >= 4 is 16.9 Å². The molecule has 7 nitrogen and oxygen atoms in total. The average molecular weight is 389 g/mol. The van der Waals surface area contributed by atoms with Gasteiger partial charge in [0.05, 0.1) is 24.0 Å². The number of carbonyl (C=O) groups is 1. The minimum Gasteiger partial charge on any atom is -0.370 e. The molecule has 0 fully saturated rings. The minimum absolute atomic E-state index is 0.136. The lowest BCUT2D eigenvalue weighted by Gasteiger charge is -2.18. The number of nitrogens with one attached hydrogen (secondary N) is 2. The highest BCUT2D eigenvalue weighted by molar-refractivity contribution is 5.78. The molecule has 2 aromatic carbocycles.